The Kier molecular flexibility index (Phi) is 4.42. The maximum absolute atomic E-state index is 11.8. The van der Waals surface area contributed by atoms with E-state index in [1.54, 1.807) is 12.1 Å². The molecule has 3 nitrogen and oxygen atoms in total. The normalized spacial score (nSPS) is 10.3. The van der Waals surface area contributed by atoms with Gasteiger partial charge in [0.2, 0.25) is 0 Å². The van der Waals surface area contributed by atoms with Crippen molar-refractivity contribution in [3.8, 4) is 0 Å². The molecule has 1 amide bonds. The Bertz CT molecular complexity index is 491. The first-order valence-corrected chi connectivity index (χ1v) is 6.37. The maximum Gasteiger partial charge on any atom is 0.251 e. The molecule has 2 aromatic rings. The average Bonchev–Trinajstić information content (AvgIpc) is 2.92. The van der Waals surface area contributed by atoms with Crippen LogP contribution in [-0.4, -0.2) is 17.0 Å². The monoisotopic (exact) mass is 262 g/mol. The predicted octanol–water partition coefficient (Wildman–Crippen LogP) is 2.66. The Morgan fingerprint density at radius 3 is 2.44 bits per heavy atom. The summed E-state index contributed by atoms with van der Waals surface area (Å²) in [7, 11) is 0. The van der Waals surface area contributed by atoms with Gasteiger partial charge in [-0.3, -0.25) is 4.79 Å². The van der Waals surface area contributed by atoms with Crippen molar-refractivity contribution in [2.45, 2.75) is 12.4 Å². The summed E-state index contributed by atoms with van der Waals surface area (Å²) in [6, 6.07) is 11.3. The number of nitrogens with zero attached hydrogens (tertiary/aromatic N) is 1. The largest absolute Gasteiger partial charge is 0.353 e. The number of benzene rings is 1. The highest BCUT2D eigenvalue weighted by Gasteiger charge is 2.04. The van der Waals surface area contributed by atoms with Crippen LogP contribution in [0, 0.1) is 0 Å². The van der Waals surface area contributed by atoms with Crippen LogP contribution >= 0.6 is 11.6 Å². The van der Waals surface area contributed by atoms with Crippen molar-refractivity contribution in [1.29, 1.82) is 0 Å². The zero-order valence-electron chi connectivity index (χ0n) is 9.97. The number of amides is 1. The Balaban J connectivity index is 1.83. The number of hydrogen-bond acceptors (Lipinski definition) is 1. The molecular formula is C14H15ClN2O. The van der Waals surface area contributed by atoms with E-state index in [0.717, 1.165) is 12.1 Å². The molecule has 1 aromatic carbocycles. The summed E-state index contributed by atoms with van der Waals surface area (Å²) >= 11 is 5.70. The van der Waals surface area contributed by atoms with Crippen LogP contribution in [0.2, 0.25) is 0 Å². The number of hydrogen-bond donors (Lipinski definition) is 1. The van der Waals surface area contributed by atoms with Crippen LogP contribution in [0.3, 0.4) is 0 Å². The van der Waals surface area contributed by atoms with Crippen molar-refractivity contribution < 1.29 is 4.79 Å². The van der Waals surface area contributed by atoms with Gasteiger partial charge in [0, 0.05) is 36.9 Å². The van der Waals surface area contributed by atoms with E-state index >= 15 is 0 Å². The van der Waals surface area contributed by atoms with Crippen LogP contribution in [0.4, 0.5) is 0 Å². The van der Waals surface area contributed by atoms with Crippen molar-refractivity contribution in [2.75, 3.05) is 6.54 Å². The molecule has 0 aliphatic heterocycles. The van der Waals surface area contributed by atoms with Crippen LogP contribution in [0.5, 0.6) is 0 Å². The van der Waals surface area contributed by atoms with Crippen molar-refractivity contribution in [2.24, 2.45) is 0 Å². The summed E-state index contributed by atoms with van der Waals surface area (Å²) < 4.78 is 2.02. The molecular weight excluding hydrogens is 248 g/mol. The van der Waals surface area contributed by atoms with Gasteiger partial charge in [-0.1, -0.05) is 12.1 Å². The molecule has 0 bridgehead atoms. The Morgan fingerprint density at radius 1 is 1.17 bits per heavy atom. The molecule has 0 spiro atoms. The molecule has 0 atom stereocenters. The summed E-state index contributed by atoms with van der Waals surface area (Å²) in [5.41, 5.74) is 1.68. The maximum atomic E-state index is 11.8. The lowest BCUT2D eigenvalue weighted by Crippen LogP contribution is -2.26. The first kappa shape index (κ1) is 12.7. The third-order valence-corrected chi connectivity index (χ3v) is 3.00. The molecule has 0 fully saturated rings. The van der Waals surface area contributed by atoms with E-state index in [4.69, 9.17) is 11.6 Å². The number of carbonyl (C=O) groups excluding carboxylic acids is 1. The first-order chi connectivity index (χ1) is 8.79. The van der Waals surface area contributed by atoms with Crippen LogP contribution in [0.15, 0.2) is 48.8 Å². The second kappa shape index (κ2) is 6.26. The summed E-state index contributed by atoms with van der Waals surface area (Å²) in [5.74, 6) is 0.415. The minimum atomic E-state index is -0.0525. The van der Waals surface area contributed by atoms with Gasteiger partial charge in [0.15, 0.2) is 0 Å². The Labute approximate surface area is 111 Å². The quantitative estimate of drug-likeness (QED) is 0.826. The molecule has 0 saturated carbocycles. The van der Waals surface area contributed by atoms with Gasteiger partial charge in [0.25, 0.3) is 5.91 Å². The van der Waals surface area contributed by atoms with E-state index in [2.05, 4.69) is 5.32 Å². The van der Waals surface area contributed by atoms with Crippen molar-refractivity contribution >= 4 is 17.5 Å². The topological polar surface area (TPSA) is 34.0 Å². The molecule has 0 saturated heterocycles. The summed E-state index contributed by atoms with van der Waals surface area (Å²) in [6.07, 6.45) is 3.95. The van der Waals surface area contributed by atoms with Crippen molar-refractivity contribution in [3.63, 3.8) is 0 Å². The van der Waals surface area contributed by atoms with E-state index < -0.39 is 0 Å². The van der Waals surface area contributed by atoms with Crippen LogP contribution in [0.1, 0.15) is 15.9 Å². The lowest BCUT2D eigenvalue weighted by molar-refractivity contribution is 0.0952. The highest BCUT2D eigenvalue weighted by atomic mass is 35.5. The van der Waals surface area contributed by atoms with E-state index in [-0.39, 0.29) is 5.91 Å². The smallest absolute Gasteiger partial charge is 0.251 e. The second-order valence-electron chi connectivity index (χ2n) is 4.01. The van der Waals surface area contributed by atoms with Crippen LogP contribution in [0.25, 0.3) is 0 Å². The molecule has 1 N–H and O–H groups in total. The number of halogens is 1. The van der Waals surface area contributed by atoms with Gasteiger partial charge < -0.3 is 9.88 Å². The zero-order chi connectivity index (χ0) is 12.8. The van der Waals surface area contributed by atoms with Gasteiger partial charge in [-0.2, -0.15) is 0 Å². The SMILES string of the molecule is O=C(NCCn1cccc1)c1ccc(CCl)cc1. The summed E-state index contributed by atoms with van der Waals surface area (Å²) in [6.45, 7) is 1.39. The molecule has 0 radical (unpaired) electrons. The number of carbonyl (C=O) groups is 1. The Hall–Kier alpha value is -1.74. The van der Waals surface area contributed by atoms with Crippen molar-refractivity contribution in [3.05, 3.63) is 59.9 Å². The number of nitrogens with one attached hydrogen (secondary N) is 1. The number of aromatic nitrogens is 1. The van der Waals surface area contributed by atoms with E-state index in [9.17, 15) is 4.79 Å². The van der Waals surface area contributed by atoms with Crippen LogP contribution in [-0.2, 0) is 12.4 Å². The van der Waals surface area contributed by atoms with Gasteiger partial charge in [-0.25, -0.2) is 0 Å². The lowest BCUT2D eigenvalue weighted by Gasteiger charge is -2.06. The minimum absolute atomic E-state index is 0.0525. The third kappa shape index (κ3) is 3.37. The average molecular weight is 263 g/mol. The molecule has 4 heteroatoms. The number of rotatable bonds is 5. The Morgan fingerprint density at radius 2 is 1.83 bits per heavy atom. The molecule has 0 unspecified atom stereocenters. The minimum Gasteiger partial charge on any atom is -0.353 e. The summed E-state index contributed by atoms with van der Waals surface area (Å²) in [5, 5.41) is 2.88. The van der Waals surface area contributed by atoms with Gasteiger partial charge in [0.05, 0.1) is 0 Å². The highest BCUT2D eigenvalue weighted by molar-refractivity contribution is 6.17. The lowest BCUT2D eigenvalue weighted by atomic mass is 10.1. The van der Waals surface area contributed by atoms with E-state index in [1.165, 1.54) is 0 Å². The molecule has 1 heterocycles. The molecule has 0 aliphatic carbocycles. The van der Waals surface area contributed by atoms with E-state index in [0.29, 0.717) is 18.0 Å². The first-order valence-electron chi connectivity index (χ1n) is 5.83. The van der Waals surface area contributed by atoms with Gasteiger partial charge in [-0.05, 0) is 29.8 Å². The van der Waals surface area contributed by atoms with Gasteiger partial charge in [-0.15, -0.1) is 11.6 Å². The fourth-order valence-corrected chi connectivity index (χ4v) is 1.84. The highest BCUT2D eigenvalue weighted by Crippen LogP contribution is 2.06. The number of alkyl halides is 1. The zero-order valence-corrected chi connectivity index (χ0v) is 10.7. The fraction of sp³-hybridized carbons (Fsp3) is 0.214. The molecule has 18 heavy (non-hydrogen) atoms. The predicted molar refractivity (Wildman–Crippen MR) is 72.8 cm³/mol. The molecule has 94 valence electrons. The second-order valence-corrected chi connectivity index (χ2v) is 4.27. The molecule has 1 aromatic heterocycles. The van der Waals surface area contributed by atoms with Crippen LogP contribution < -0.4 is 5.32 Å². The third-order valence-electron chi connectivity index (χ3n) is 2.69. The summed E-state index contributed by atoms with van der Waals surface area (Å²) in [4.78, 5) is 11.8. The van der Waals surface area contributed by atoms with E-state index in [1.807, 2.05) is 41.2 Å². The van der Waals surface area contributed by atoms with Crippen molar-refractivity contribution in [1.82, 2.24) is 9.88 Å². The molecule has 2 rings (SSSR count). The fourth-order valence-electron chi connectivity index (χ4n) is 1.67. The van der Waals surface area contributed by atoms with Gasteiger partial charge >= 0.3 is 0 Å². The standard InChI is InChI=1S/C14H15ClN2O/c15-11-12-3-5-13(6-4-12)14(18)16-7-10-17-8-1-2-9-17/h1-6,8-9H,7,10-11H2,(H,16,18). The molecule has 0 aliphatic rings. The van der Waals surface area contributed by atoms with Gasteiger partial charge in [0.1, 0.15) is 0 Å².